The Balaban J connectivity index is 1.77. The molecule has 0 aliphatic rings. The molecule has 0 spiro atoms. The molecule has 0 unspecified atom stereocenters. The molecule has 3 aromatic rings. The minimum absolute atomic E-state index is 0.0266. The SMILES string of the molecule is CCOC(=O)c1nn(-c2ccccc2)cc1OCC(=O)Nc1cc(OC)c(OC)c(OC)c1. The monoisotopic (exact) mass is 455 g/mol. The number of esters is 1. The van der Waals surface area contributed by atoms with Crippen molar-refractivity contribution >= 4 is 17.6 Å². The average Bonchev–Trinajstić information content (AvgIpc) is 3.27. The molecule has 0 saturated heterocycles. The molecule has 0 aliphatic carbocycles. The molecular weight excluding hydrogens is 430 g/mol. The van der Waals surface area contributed by atoms with Crippen LogP contribution in [0.5, 0.6) is 23.0 Å². The smallest absolute Gasteiger partial charge is 0.362 e. The number of rotatable bonds is 10. The van der Waals surface area contributed by atoms with Crippen LogP contribution in [0, 0.1) is 0 Å². The van der Waals surface area contributed by atoms with Gasteiger partial charge in [0.15, 0.2) is 23.9 Å². The van der Waals surface area contributed by atoms with Gasteiger partial charge in [0.05, 0.1) is 39.8 Å². The van der Waals surface area contributed by atoms with Gasteiger partial charge in [-0.1, -0.05) is 18.2 Å². The van der Waals surface area contributed by atoms with Crippen molar-refractivity contribution in [2.45, 2.75) is 6.92 Å². The lowest BCUT2D eigenvalue weighted by Crippen LogP contribution is -2.21. The van der Waals surface area contributed by atoms with E-state index in [-0.39, 0.29) is 24.7 Å². The molecule has 33 heavy (non-hydrogen) atoms. The normalized spacial score (nSPS) is 10.3. The van der Waals surface area contributed by atoms with Crippen LogP contribution >= 0.6 is 0 Å². The molecule has 0 aliphatic heterocycles. The predicted octanol–water partition coefficient (Wildman–Crippen LogP) is 3.09. The van der Waals surface area contributed by atoms with Crippen LogP contribution in [0.2, 0.25) is 0 Å². The van der Waals surface area contributed by atoms with Crippen molar-refractivity contribution in [2.75, 3.05) is 39.9 Å². The Morgan fingerprint density at radius 1 is 0.970 bits per heavy atom. The van der Waals surface area contributed by atoms with E-state index in [2.05, 4.69) is 10.4 Å². The third-order valence-electron chi connectivity index (χ3n) is 4.48. The molecule has 0 radical (unpaired) electrons. The molecule has 1 aromatic heterocycles. The number of hydrogen-bond donors (Lipinski definition) is 1. The highest BCUT2D eigenvalue weighted by atomic mass is 16.5. The van der Waals surface area contributed by atoms with Crippen LogP contribution < -0.4 is 24.3 Å². The summed E-state index contributed by atoms with van der Waals surface area (Å²) in [5.41, 5.74) is 1.12. The summed E-state index contributed by atoms with van der Waals surface area (Å²) in [4.78, 5) is 24.9. The van der Waals surface area contributed by atoms with Crippen molar-refractivity contribution in [1.82, 2.24) is 9.78 Å². The Hall–Kier alpha value is -4.21. The molecule has 174 valence electrons. The van der Waals surface area contributed by atoms with Crippen LogP contribution in [0.1, 0.15) is 17.4 Å². The topological polar surface area (TPSA) is 110 Å². The van der Waals surface area contributed by atoms with E-state index in [9.17, 15) is 9.59 Å². The number of benzene rings is 2. The zero-order valence-electron chi connectivity index (χ0n) is 18.8. The summed E-state index contributed by atoms with van der Waals surface area (Å²) < 4.78 is 28.0. The van der Waals surface area contributed by atoms with E-state index in [0.29, 0.717) is 22.9 Å². The Bertz CT molecular complexity index is 1090. The van der Waals surface area contributed by atoms with Crippen LogP contribution in [0.15, 0.2) is 48.7 Å². The van der Waals surface area contributed by atoms with E-state index in [4.69, 9.17) is 23.7 Å². The highest BCUT2D eigenvalue weighted by Crippen LogP contribution is 2.39. The fraction of sp³-hybridized carbons (Fsp3) is 0.261. The van der Waals surface area contributed by atoms with Gasteiger partial charge in [0, 0.05) is 17.8 Å². The molecule has 1 N–H and O–H groups in total. The lowest BCUT2D eigenvalue weighted by Gasteiger charge is -2.14. The number of para-hydroxylation sites is 1. The number of anilines is 1. The van der Waals surface area contributed by atoms with Crippen LogP contribution in [0.25, 0.3) is 5.69 Å². The van der Waals surface area contributed by atoms with Gasteiger partial charge in [0.1, 0.15) is 0 Å². The van der Waals surface area contributed by atoms with E-state index in [1.807, 2.05) is 30.3 Å². The lowest BCUT2D eigenvalue weighted by molar-refractivity contribution is -0.118. The molecule has 0 fully saturated rings. The Labute approximate surface area is 191 Å². The molecule has 0 bridgehead atoms. The largest absolute Gasteiger partial charge is 0.493 e. The summed E-state index contributed by atoms with van der Waals surface area (Å²) in [6.45, 7) is 1.50. The van der Waals surface area contributed by atoms with E-state index >= 15 is 0 Å². The number of aromatic nitrogens is 2. The van der Waals surface area contributed by atoms with Crippen molar-refractivity contribution < 1.29 is 33.3 Å². The highest BCUT2D eigenvalue weighted by Gasteiger charge is 2.21. The summed E-state index contributed by atoms with van der Waals surface area (Å²) in [6, 6.07) is 12.4. The van der Waals surface area contributed by atoms with Crippen LogP contribution in [-0.2, 0) is 9.53 Å². The first kappa shape index (κ1) is 23.5. The summed E-state index contributed by atoms with van der Waals surface area (Å²) in [5, 5.41) is 6.97. The predicted molar refractivity (Wildman–Crippen MR) is 120 cm³/mol. The molecule has 1 heterocycles. The van der Waals surface area contributed by atoms with Gasteiger partial charge in [0.2, 0.25) is 11.4 Å². The summed E-state index contributed by atoms with van der Waals surface area (Å²) in [7, 11) is 4.45. The zero-order chi connectivity index (χ0) is 23.8. The molecule has 3 rings (SSSR count). The zero-order valence-corrected chi connectivity index (χ0v) is 18.8. The maximum Gasteiger partial charge on any atom is 0.362 e. The van der Waals surface area contributed by atoms with Gasteiger partial charge in [-0.3, -0.25) is 4.79 Å². The first-order valence-corrected chi connectivity index (χ1v) is 10.1. The highest BCUT2D eigenvalue weighted by molar-refractivity contribution is 5.93. The van der Waals surface area contributed by atoms with Gasteiger partial charge in [0.25, 0.3) is 5.91 Å². The lowest BCUT2D eigenvalue weighted by atomic mass is 10.2. The number of carbonyl (C=O) groups excluding carboxylic acids is 2. The first-order chi connectivity index (χ1) is 16.0. The molecule has 10 nitrogen and oxygen atoms in total. The molecular formula is C23H25N3O7. The van der Waals surface area contributed by atoms with Gasteiger partial charge >= 0.3 is 5.97 Å². The maximum atomic E-state index is 12.5. The molecule has 10 heteroatoms. The van der Waals surface area contributed by atoms with E-state index in [0.717, 1.165) is 5.69 Å². The second-order valence-corrected chi connectivity index (χ2v) is 6.59. The quantitative estimate of drug-likeness (QED) is 0.465. The fourth-order valence-corrected chi connectivity index (χ4v) is 3.01. The van der Waals surface area contributed by atoms with Crippen molar-refractivity contribution in [3.63, 3.8) is 0 Å². The van der Waals surface area contributed by atoms with E-state index < -0.39 is 11.9 Å². The van der Waals surface area contributed by atoms with Gasteiger partial charge in [-0.15, -0.1) is 0 Å². The van der Waals surface area contributed by atoms with Crippen molar-refractivity contribution in [3.05, 3.63) is 54.4 Å². The Morgan fingerprint density at radius 2 is 1.64 bits per heavy atom. The Morgan fingerprint density at radius 3 is 2.21 bits per heavy atom. The number of carbonyl (C=O) groups is 2. The van der Waals surface area contributed by atoms with Gasteiger partial charge in [-0.05, 0) is 19.1 Å². The van der Waals surface area contributed by atoms with E-state index in [1.54, 1.807) is 19.1 Å². The third-order valence-corrected chi connectivity index (χ3v) is 4.48. The van der Waals surface area contributed by atoms with Crippen molar-refractivity contribution in [1.29, 1.82) is 0 Å². The minimum atomic E-state index is -0.646. The maximum absolute atomic E-state index is 12.5. The fourth-order valence-electron chi connectivity index (χ4n) is 3.01. The van der Waals surface area contributed by atoms with Gasteiger partial charge in [-0.2, -0.15) is 5.10 Å². The molecule has 1 amide bonds. The van der Waals surface area contributed by atoms with Gasteiger partial charge < -0.3 is 29.0 Å². The first-order valence-electron chi connectivity index (χ1n) is 10.1. The van der Waals surface area contributed by atoms with Gasteiger partial charge in [-0.25, -0.2) is 9.48 Å². The van der Waals surface area contributed by atoms with Crippen LogP contribution in [0.3, 0.4) is 0 Å². The number of ether oxygens (including phenoxy) is 5. The molecule has 2 aromatic carbocycles. The molecule has 0 atom stereocenters. The summed E-state index contributed by atoms with van der Waals surface area (Å²) in [5.74, 6) is 0.196. The number of nitrogens with zero attached hydrogens (tertiary/aromatic N) is 2. The minimum Gasteiger partial charge on any atom is -0.493 e. The summed E-state index contributed by atoms with van der Waals surface area (Å²) in [6.07, 6.45) is 1.52. The standard InChI is InChI=1S/C23H25N3O7/c1-5-32-23(28)21-19(13-26(25-21)16-9-7-6-8-10-16)33-14-20(27)24-15-11-17(29-2)22(31-4)18(12-15)30-3/h6-13H,5,14H2,1-4H3,(H,24,27). The third kappa shape index (κ3) is 5.53. The van der Waals surface area contributed by atoms with Crippen LogP contribution in [-0.4, -0.2) is 56.2 Å². The summed E-state index contributed by atoms with van der Waals surface area (Å²) >= 11 is 0. The number of amides is 1. The average molecular weight is 455 g/mol. The number of nitrogens with one attached hydrogen (secondary N) is 1. The van der Waals surface area contributed by atoms with Crippen molar-refractivity contribution in [2.24, 2.45) is 0 Å². The second-order valence-electron chi connectivity index (χ2n) is 6.59. The van der Waals surface area contributed by atoms with E-state index in [1.165, 1.54) is 32.2 Å². The van der Waals surface area contributed by atoms with Crippen LogP contribution in [0.4, 0.5) is 5.69 Å². The second kappa shape index (κ2) is 10.9. The molecule has 0 saturated carbocycles. The number of methoxy groups -OCH3 is 3. The Kier molecular flexibility index (Phi) is 7.74. The number of hydrogen-bond acceptors (Lipinski definition) is 8. The van der Waals surface area contributed by atoms with Crippen molar-refractivity contribution in [3.8, 4) is 28.7 Å².